The van der Waals surface area contributed by atoms with Gasteiger partial charge in [0.2, 0.25) is 5.91 Å². The van der Waals surface area contributed by atoms with Crippen LogP contribution in [0.3, 0.4) is 0 Å². The monoisotopic (exact) mass is 1470 g/mol. The van der Waals surface area contributed by atoms with Gasteiger partial charge in [-0.1, -0.05) is 104 Å². The van der Waals surface area contributed by atoms with Crippen LogP contribution in [-0.4, -0.2) is 122 Å². The third-order valence-corrected chi connectivity index (χ3v) is 36.2. The van der Waals surface area contributed by atoms with E-state index in [4.69, 9.17) is 0 Å². The lowest BCUT2D eigenvalue weighted by molar-refractivity contribution is -0.189. The largest absolute Gasteiger partial charge is 0.471 e. The number of fused-ring (bicyclic) bond motifs is 20. The van der Waals surface area contributed by atoms with Crippen molar-refractivity contribution in [2.45, 2.75) is 253 Å². The Morgan fingerprint density at radius 3 is 0.991 bits per heavy atom. The highest BCUT2D eigenvalue weighted by molar-refractivity contribution is 5.83. The lowest BCUT2D eigenvalue weighted by atomic mass is 9.46. The number of hydrogen-bond donors (Lipinski definition) is 0. The first kappa shape index (κ1) is 74.9. The minimum atomic E-state index is -4.78. The van der Waals surface area contributed by atoms with E-state index in [-0.39, 0.29) is 29.3 Å². The zero-order valence-electron chi connectivity index (χ0n) is 67.3. The number of hydrogen-bond acceptors (Lipinski definition) is 8. The van der Waals surface area contributed by atoms with Gasteiger partial charge in [-0.15, -0.1) is 0 Å². The number of allylic oxidation sites excluding steroid dienone is 8. The molecule has 16 aliphatic rings. The van der Waals surface area contributed by atoms with Gasteiger partial charge < -0.3 is 19.6 Å². The quantitative estimate of drug-likeness (QED) is 0.199. The van der Waals surface area contributed by atoms with E-state index in [1.54, 1.807) is 29.8 Å². The topological polar surface area (TPSA) is 98.7 Å². The highest BCUT2D eigenvalue weighted by Gasteiger charge is 2.66. The summed E-state index contributed by atoms with van der Waals surface area (Å²) in [6.45, 7) is 25.6. The van der Waals surface area contributed by atoms with Crippen LogP contribution >= 0.6 is 0 Å². The molecule has 13 heteroatoms. The molecular formula is C95H127F3N8O2. The summed E-state index contributed by atoms with van der Waals surface area (Å²) in [6.07, 6.45) is 52.0. The zero-order valence-corrected chi connectivity index (χ0v) is 67.3. The number of alkyl halides is 3. The number of pyridine rings is 4. The summed E-state index contributed by atoms with van der Waals surface area (Å²) in [7, 11) is 4.74. The maximum absolute atomic E-state index is 13.1. The fourth-order valence-corrected chi connectivity index (χ4v) is 31.0. The standard InChI is InChI=1S/C24H29F3N2O.C24H32N2O.C24H34N2.C23H32N2/c1-22-10-9-19-16(18(22)7-6-17(22)15-4-3-12-28-14-15)5-8-20-23(19,2)11-13-29(20)21(30)24(25,26)27;1-16(27)26-14-12-24(3)21-10-11-23(2)19(17-5-4-13-25-15-17)7-8-20(23)18(21)6-9-22(24)26;1-23-13-11-21-18(7-10-22-24(21,2)12-5-15-26(22)3)20(23)9-8-19(23)17-6-4-14-25-16-17;1-22-11-10-20-17(6-9-21-23(20,2)12-14-25(21)3)19(22)8-7-18(22)16-5-4-13-24-15-16/h3-4,6,12,14,16,18-20H,5,7-11,13H2,1-2H3;4-5,7,13,15,18,20-22H,6,8-12,14H2,1-3H3;4,6,8,14,16,18,20-22H,5,7,9-13,15H2,1-3H3;4-5,7,13,15,17,19-21H,6,8-12,14H2,1-3H3/t16-,18-,19-,20?,22+,23+;18-,20-,21-,22?,23+,24+;18-,20-,21?,22?,23+,24+;17-,19-,20-,21?,22+,23+/m0000/s1. The van der Waals surface area contributed by atoms with Crippen molar-refractivity contribution in [1.29, 1.82) is 0 Å². The Labute approximate surface area is 645 Å². The molecule has 0 bridgehead atoms. The summed E-state index contributed by atoms with van der Waals surface area (Å²) in [4.78, 5) is 50.4. The minimum absolute atomic E-state index is 0.105. The van der Waals surface area contributed by atoms with Gasteiger partial charge in [-0.05, 0) is 371 Å². The molecule has 4 aliphatic heterocycles. The van der Waals surface area contributed by atoms with Gasteiger partial charge in [-0.25, -0.2) is 0 Å². The fourth-order valence-electron chi connectivity index (χ4n) is 31.0. The molecule has 4 aromatic rings. The van der Waals surface area contributed by atoms with Gasteiger partial charge in [0.25, 0.3) is 0 Å². The van der Waals surface area contributed by atoms with Crippen molar-refractivity contribution in [3.05, 3.63) is 145 Å². The van der Waals surface area contributed by atoms with Gasteiger partial charge in [0, 0.05) is 93.8 Å². The van der Waals surface area contributed by atoms with E-state index in [0.717, 1.165) is 102 Å². The molecular weight excluding hydrogens is 1340 g/mol. The number of rotatable bonds is 4. The third kappa shape index (κ3) is 11.8. The zero-order chi connectivity index (χ0) is 75.3. The second kappa shape index (κ2) is 27.8. The first-order valence-corrected chi connectivity index (χ1v) is 43.2. The molecule has 5 unspecified atom stereocenters. The summed E-state index contributed by atoms with van der Waals surface area (Å²) < 4.78 is 39.4. The minimum Gasteiger partial charge on any atom is -0.339 e. The Morgan fingerprint density at radius 2 is 0.667 bits per heavy atom. The average molecular weight is 1470 g/mol. The maximum Gasteiger partial charge on any atom is 0.471 e. The van der Waals surface area contributed by atoms with Gasteiger partial charge in [0.1, 0.15) is 0 Å². The molecule has 108 heavy (non-hydrogen) atoms. The number of nitrogens with zero attached hydrogens (tertiary/aromatic N) is 8. The maximum atomic E-state index is 13.1. The molecule has 2 amide bonds. The summed E-state index contributed by atoms with van der Waals surface area (Å²) in [6, 6.07) is 19.0. The van der Waals surface area contributed by atoms with Gasteiger partial charge in [0.15, 0.2) is 0 Å². The average Bonchev–Trinajstić information content (AvgIpc) is 1.50. The fraction of sp³-hybridized carbons (Fsp3) is 0.684. The number of likely N-dealkylation sites (tertiary alicyclic amines) is 4. The van der Waals surface area contributed by atoms with Crippen molar-refractivity contribution in [3.8, 4) is 0 Å². The lowest BCUT2D eigenvalue weighted by Gasteiger charge is -2.62. The molecule has 0 aromatic carbocycles. The SMILES string of the molecule is CC(=O)N1CC[C@@]2(C)C1CC[C@@H]1[C@@H]2CC[C@]2(C)C(c3cccnc3)=CC[C@@H]12.CN1CCC[C@]2(C)C3CC[C@]4(C)C(c5cccnc5)=CC[C@H]4[C@@H]3CCC12.CN1CC[C@@]2(C)C1CC[C@@H]1[C@@H]2CC[C@]2(C)C(c3cccnc3)=CC[C@@H]12.C[C@]12CCN(C(=O)C(F)(F)F)C1CC[C@@H]1[C@@H]2CC[C@]2(C)C(c3cccnc3)=CC[C@@H]12. The Morgan fingerprint density at radius 1 is 0.370 bits per heavy atom. The lowest BCUT2D eigenvalue weighted by Crippen LogP contribution is -2.59. The van der Waals surface area contributed by atoms with Crippen LogP contribution in [0.15, 0.2) is 122 Å². The van der Waals surface area contributed by atoms with E-state index < -0.39 is 12.1 Å². The van der Waals surface area contributed by atoms with Crippen molar-refractivity contribution in [2.75, 3.05) is 40.3 Å². The molecule has 4 saturated heterocycles. The van der Waals surface area contributed by atoms with Gasteiger partial charge in [-0.2, -0.15) is 13.2 Å². The molecule has 20 rings (SSSR count). The molecule has 24 atom stereocenters. The predicted molar refractivity (Wildman–Crippen MR) is 427 cm³/mol. The molecule has 0 spiro atoms. The van der Waals surface area contributed by atoms with Crippen LogP contribution < -0.4 is 0 Å². The molecule has 8 saturated carbocycles. The number of amides is 2. The van der Waals surface area contributed by atoms with E-state index in [1.807, 2.05) is 37.1 Å². The first-order chi connectivity index (χ1) is 51.7. The Hall–Kier alpha value is -5.79. The molecule has 8 heterocycles. The Bertz CT molecular complexity index is 4130. The van der Waals surface area contributed by atoms with E-state index >= 15 is 0 Å². The second-order valence-electron chi connectivity index (χ2n) is 40.1. The van der Waals surface area contributed by atoms with Crippen molar-refractivity contribution in [1.82, 2.24) is 39.5 Å². The number of aromatic nitrogens is 4. The van der Waals surface area contributed by atoms with Crippen molar-refractivity contribution in [3.63, 3.8) is 0 Å². The highest BCUT2D eigenvalue weighted by Crippen LogP contribution is 2.72. The summed E-state index contributed by atoms with van der Waals surface area (Å²) in [5, 5.41) is 0. The normalized spacial score (nSPS) is 43.6. The van der Waals surface area contributed by atoms with E-state index in [1.165, 1.54) is 163 Å². The molecule has 580 valence electrons. The Balaban J connectivity index is 0.000000106. The van der Waals surface area contributed by atoms with Crippen LogP contribution in [0.25, 0.3) is 22.3 Å². The van der Waals surface area contributed by atoms with Crippen LogP contribution in [0.4, 0.5) is 13.2 Å². The molecule has 0 radical (unpaired) electrons. The van der Waals surface area contributed by atoms with Crippen LogP contribution in [-0.2, 0) is 9.59 Å². The van der Waals surface area contributed by atoms with Gasteiger partial charge in [0.05, 0.1) is 0 Å². The van der Waals surface area contributed by atoms with E-state index in [2.05, 4.69) is 183 Å². The molecule has 12 aliphatic carbocycles. The van der Waals surface area contributed by atoms with Crippen LogP contribution in [0, 0.1) is 114 Å². The summed E-state index contributed by atoms with van der Waals surface area (Å²) >= 11 is 0. The van der Waals surface area contributed by atoms with Crippen molar-refractivity contribution in [2.24, 2.45) is 114 Å². The second-order valence-corrected chi connectivity index (χ2v) is 40.1. The van der Waals surface area contributed by atoms with E-state index in [9.17, 15) is 22.8 Å². The molecule has 12 fully saturated rings. The summed E-state index contributed by atoms with van der Waals surface area (Å²) in [5.74, 6) is 7.84. The van der Waals surface area contributed by atoms with Crippen molar-refractivity contribution >= 4 is 34.1 Å². The number of carbonyl (C=O) groups is 2. The number of halogens is 3. The van der Waals surface area contributed by atoms with Gasteiger partial charge >= 0.3 is 12.1 Å². The van der Waals surface area contributed by atoms with Crippen LogP contribution in [0.5, 0.6) is 0 Å². The number of carbonyl (C=O) groups excluding carboxylic acids is 2. The Kier molecular flexibility index (Phi) is 19.3. The summed E-state index contributed by atoms with van der Waals surface area (Å²) in [5.41, 5.74) is 13.8. The van der Waals surface area contributed by atoms with Crippen LogP contribution in [0.1, 0.15) is 245 Å². The third-order valence-electron chi connectivity index (χ3n) is 36.2. The van der Waals surface area contributed by atoms with Gasteiger partial charge in [-0.3, -0.25) is 29.5 Å². The highest BCUT2D eigenvalue weighted by atomic mass is 19.4. The first-order valence-electron chi connectivity index (χ1n) is 43.2. The van der Waals surface area contributed by atoms with Crippen LogP contribution in [0.2, 0.25) is 0 Å². The number of piperidine rings is 1. The molecule has 0 N–H and O–H groups in total. The molecule has 4 aromatic heterocycles. The van der Waals surface area contributed by atoms with Crippen molar-refractivity contribution < 1.29 is 22.8 Å². The smallest absolute Gasteiger partial charge is 0.339 e. The molecule has 10 nitrogen and oxygen atoms in total. The predicted octanol–water partition coefficient (Wildman–Crippen LogP) is 20.9. The van der Waals surface area contributed by atoms with E-state index in [0.29, 0.717) is 69.1 Å².